The van der Waals surface area contributed by atoms with Gasteiger partial charge >= 0.3 is 5.97 Å². The molecule has 0 aliphatic carbocycles. The van der Waals surface area contributed by atoms with E-state index in [4.69, 9.17) is 11.6 Å². The Morgan fingerprint density at radius 2 is 1.73 bits per heavy atom. The second-order valence-electron chi connectivity index (χ2n) is 4.73. The first-order valence-electron chi connectivity index (χ1n) is 7.11. The molecule has 0 unspecified atom stereocenters. The Balaban J connectivity index is 2.47. The van der Waals surface area contributed by atoms with Gasteiger partial charge in [-0.3, -0.25) is 14.4 Å². The van der Waals surface area contributed by atoms with Gasteiger partial charge in [-0.05, 0) is 31.2 Å². The lowest BCUT2D eigenvalue weighted by atomic mass is 10.1. The Hall–Kier alpha value is -1.88. The van der Waals surface area contributed by atoms with Crippen molar-refractivity contribution in [1.29, 1.82) is 0 Å². The molecule has 0 saturated carbocycles. The highest BCUT2D eigenvalue weighted by molar-refractivity contribution is 6.30. The lowest BCUT2D eigenvalue weighted by Gasteiger charge is -2.20. The van der Waals surface area contributed by atoms with Crippen LogP contribution in [0.15, 0.2) is 24.3 Å². The van der Waals surface area contributed by atoms with Crippen molar-refractivity contribution in [2.75, 3.05) is 20.2 Å². The van der Waals surface area contributed by atoms with Crippen LogP contribution in [-0.4, -0.2) is 42.8 Å². The van der Waals surface area contributed by atoms with Crippen LogP contribution < -0.4 is 0 Å². The number of esters is 1. The molecule has 0 atom stereocenters. The molecular formula is C16H20ClNO4. The molecule has 0 aliphatic rings. The van der Waals surface area contributed by atoms with Crippen LogP contribution in [0, 0.1) is 0 Å². The van der Waals surface area contributed by atoms with Crippen molar-refractivity contribution in [3.63, 3.8) is 0 Å². The molecule has 0 heterocycles. The van der Waals surface area contributed by atoms with E-state index < -0.39 is 0 Å². The minimum Gasteiger partial charge on any atom is -0.469 e. The van der Waals surface area contributed by atoms with E-state index in [9.17, 15) is 14.4 Å². The SMILES string of the molecule is CCN(CCC(=O)OC)C(=O)CCC(=O)c1ccc(Cl)cc1. The molecule has 5 nitrogen and oxygen atoms in total. The van der Waals surface area contributed by atoms with Crippen molar-refractivity contribution in [3.8, 4) is 0 Å². The first-order valence-corrected chi connectivity index (χ1v) is 7.49. The van der Waals surface area contributed by atoms with Crippen LogP contribution in [0.25, 0.3) is 0 Å². The van der Waals surface area contributed by atoms with Crippen LogP contribution in [0.3, 0.4) is 0 Å². The molecular weight excluding hydrogens is 306 g/mol. The number of rotatable bonds is 8. The topological polar surface area (TPSA) is 63.7 Å². The number of benzene rings is 1. The Morgan fingerprint density at radius 1 is 1.09 bits per heavy atom. The molecule has 0 fully saturated rings. The monoisotopic (exact) mass is 325 g/mol. The summed E-state index contributed by atoms with van der Waals surface area (Å²) in [5.74, 6) is -0.605. The molecule has 6 heteroatoms. The van der Waals surface area contributed by atoms with Crippen molar-refractivity contribution in [1.82, 2.24) is 4.90 Å². The van der Waals surface area contributed by atoms with Crippen LogP contribution in [0.1, 0.15) is 36.5 Å². The maximum atomic E-state index is 12.1. The molecule has 0 aromatic heterocycles. The van der Waals surface area contributed by atoms with E-state index in [1.54, 1.807) is 29.2 Å². The van der Waals surface area contributed by atoms with Gasteiger partial charge in [0, 0.05) is 36.5 Å². The highest BCUT2D eigenvalue weighted by Crippen LogP contribution is 2.12. The van der Waals surface area contributed by atoms with Gasteiger partial charge in [0.2, 0.25) is 5.91 Å². The number of carbonyl (C=O) groups is 3. The molecule has 0 saturated heterocycles. The lowest BCUT2D eigenvalue weighted by molar-refractivity contribution is -0.141. The van der Waals surface area contributed by atoms with Crippen LogP contribution in [0.2, 0.25) is 5.02 Å². The number of ketones is 1. The minimum absolute atomic E-state index is 0.103. The molecule has 120 valence electrons. The summed E-state index contributed by atoms with van der Waals surface area (Å²) in [4.78, 5) is 36.7. The number of hydrogen-bond acceptors (Lipinski definition) is 4. The standard InChI is InChI=1S/C16H20ClNO4/c1-3-18(11-10-16(21)22-2)15(20)9-8-14(19)12-4-6-13(17)7-5-12/h4-7H,3,8-11H2,1-2H3. The summed E-state index contributed by atoms with van der Waals surface area (Å²) < 4.78 is 4.55. The summed E-state index contributed by atoms with van der Waals surface area (Å²) in [6.07, 6.45) is 0.410. The summed E-state index contributed by atoms with van der Waals surface area (Å²) in [6.45, 7) is 2.62. The number of nitrogens with zero attached hydrogens (tertiary/aromatic N) is 1. The van der Waals surface area contributed by atoms with Gasteiger partial charge in [-0.1, -0.05) is 11.6 Å². The highest BCUT2D eigenvalue weighted by atomic mass is 35.5. The summed E-state index contributed by atoms with van der Waals surface area (Å²) in [6, 6.07) is 6.57. The van der Waals surface area contributed by atoms with Gasteiger partial charge in [0.15, 0.2) is 5.78 Å². The summed E-state index contributed by atoms with van der Waals surface area (Å²) in [7, 11) is 1.31. The normalized spacial score (nSPS) is 10.1. The Kier molecular flexibility index (Phi) is 7.60. The fraction of sp³-hybridized carbons (Fsp3) is 0.438. The van der Waals surface area contributed by atoms with E-state index in [-0.39, 0.29) is 36.9 Å². The number of ether oxygens (including phenoxy) is 1. The second kappa shape index (κ2) is 9.20. The third-order valence-electron chi connectivity index (χ3n) is 3.28. The van der Waals surface area contributed by atoms with E-state index in [0.717, 1.165) is 0 Å². The first kappa shape index (κ1) is 18.2. The summed E-state index contributed by atoms with van der Waals surface area (Å²) in [5, 5.41) is 0.563. The van der Waals surface area contributed by atoms with Gasteiger partial charge in [-0.15, -0.1) is 0 Å². The van der Waals surface area contributed by atoms with E-state index in [2.05, 4.69) is 4.74 Å². The van der Waals surface area contributed by atoms with E-state index >= 15 is 0 Å². The lowest BCUT2D eigenvalue weighted by Crippen LogP contribution is -2.33. The van der Waals surface area contributed by atoms with Gasteiger partial charge in [0.1, 0.15) is 0 Å². The summed E-state index contributed by atoms with van der Waals surface area (Å²) >= 11 is 5.77. The number of hydrogen-bond donors (Lipinski definition) is 0. The van der Waals surface area contributed by atoms with Crippen molar-refractivity contribution in [3.05, 3.63) is 34.9 Å². The van der Waals surface area contributed by atoms with E-state index in [0.29, 0.717) is 23.7 Å². The van der Waals surface area contributed by atoms with Gasteiger partial charge in [-0.25, -0.2) is 0 Å². The van der Waals surface area contributed by atoms with Crippen molar-refractivity contribution < 1.29 is 19.1 Å². The number of methoxy groups -OCH3 is 1. The Bertz CT molecular complexity index is 527. The predicted molar refractivity (Wildman–Crippen MR) is 83.9 cm³/mol. The maximum absolute atomic E-state index is 12.1. The third kappa shape index (κ3) is 5.85. The quantitative estimate of drug-likeness (QED) is 0.544. The van der Waals surface area contributed by atoms with Crippen LogP contribution in [0.5, 0.6) is 0 Å². The van der Waals surface area contributed by atoms with Crippen molar-refractivity contribution in [2.45, 2.75) is 26.2 Å². The Labute approximate surface area is 135 Å². The maximum Gasteiger partial charge on any atom is 0.307 e. The van der Waals surface area contributed by atoms with Gasteiger partial charge in [-0.2, -0.15) is 0 Å². The molecule has 0 N–H and O–H groups in total. The van der Waals surface area contributed by atoms with Crippen molar-refractivity contribution >= 4 is 29.3 Å². The number of amides is 1. The smallest absolute Gasteiger partial charge is 0.307 e. The van der Waals surface area contributed by atoms with Gasteiger partial charge < -0.3 is 9.64 Å². The second-order valence-corrected chi connectivity index (χ2v) is 5.17. The molecule has 1 aromatic carbocycles. The van der Waals surface area contributed by atoms with Gasteiger partial charge in [0.05, 0.1) is 13.5 Å². The minimum atomic E-state index is -0.358. The van der Waals surface area contributed by atoms with Crippen LogP contribution >= 0.6 is 11.6 Å². The molecule has 0 aliphatic heterocycles. The molecule has 0 bridgehead atoms. The zero-order valence-electron chi connectivity index (χ0n) is 12.8. The van der Waals surface area contributed by atoms with Crippen molar-refractivity contribution in [2.24, 2.45) is 0 Å². The molecule has 1 rings (SSSR count). The number of halogens is 1. The number of Topliss-reactive ketones (excluding diaryl/α,β-unsaturated/α-hetero) is 1. The van der Waals surface area contributed by atoms with E-state index in [1.807, 2.05) is 6.92 Å². The first-order chi connectivity index (χ1) is 10.5. The fourth-order valence-electron chi connectivity index (χ4n) is 1.95. The Morgan fingerprint density at radius 3 is 2.27 bits per heavy atom. The molecule has 1 aromatic rings. The van der Waals surface area contributed by atoms with E-state index in [1.165, 1.54) is 7.11 Å². The van der Waals surface area contributed by atoms with Crippen LogP contribution in [-0.2, 0) is 14.3 Å². The largest absolute Gasteiger partial charge is 0.469 e. The third-order valence-corrected chi connectivity index (χ3v) is 3.53. The average molecular weight is 326 g/mol. The molecule has 0 radical (unpaired) electrons. The predicted octanol–water partition coefficient (Wildman–Crippen LogP) is 2.71. The fourth-order valence-corrected chi connectivity index (χ4v) is 2.07. The highest BCUT2D eigenvalue weighted by Gasteiger charge is 2.15. The zero-order chi connectivity index (χ0) is 16.5. The van der Waals surface area contributed by atoms with Crippen LogP contribution in [0.4, 0.5) is 0 Å². The molecule has 1 amide bonds. The van der Waals surface area contributed by atoms with Gasteiger partial charge in [0.25, 0.3) is 0 Å². The number of carbonyl (C=O) groups excluding carboxylic acids is 3. The molecule has 22 heavy (non-hydrogen) atoms. The zero-order valence-corrected chi connectivity index (χ0v) is 13.6. The molecule has 0 spiro atoms. The summed E-state index contributed by atoms with van der Waals surface area (Å²) in [5.41, 5.74) is 0.537. The average Bonchev–Trinajstić information content (AvgIpc) is 2.53.